The van der Waals surface area contributed by atoms with Crippen LogP contribution in [0, 0.1) is 0 Å². The number of ether oxygens (including phenoxy) is 1. The maximum absolute atomic E-state index is 12.2. The third-order valence-electron chi connectivity index (χ3n) is 4.02. The van der Waals surface area contributed by atoms with E-state index in [1.807, 2.05) is 48.7 Å². The summed E-state index contributed by atoms with van der Waals surface area (Å²) in [5, 5.41) is 9.07. The van der Waals surface area contributed by atoms with Gasteiger partial charge < -0.3 is 14.9 Å². The third-order valence-corrected chi connectivity index (χ3v) is 5.08. The van der Waals surface area contributed by atoms with Crippen molar-refractivity contribution in [2.75, 3.05) is 13.7 Å². The molecule has 0 radical (unpaired) electrons. The number of nitrogens with one attached hydrogen (secondary N) is 1. The van der Waals surface area contributed by atoms with Gasteiger partial charge in [-0.1, -0.05) is 11.2 Å². The van der Waals surface area contributed by atoms with Gasteiger partial charge in [0.2, 0.25) is 5.91 Å². The molecule has 6 heteroatoms. The maximum atomic E-state index is 12.2. The summed E-state index contributed by atoms with van der Waals surface area (Å²) in [5.74, 6) is 0.678. The summed E-state index contributed by atoms with van der Waals surface area (Å²) in [7, 11) is 1.64. The summed E-state index contributed by atoms with van der Waals surface area (Å²) in [6.45, 7) is 2.37. The van der Waals surface area contributed by atoms with Gasteiger partial charge in [-0.2, -0.15) is 0 Å². The molecule has 1 N–H and O–H groups in total. The molecule has 0 bridgehead atoms. The van der Waals surface area contributed by atoms with E-state index < -0.39 is 0 Å². The van der Waals surface area contributed by atoms with Crippen LogP contribution < -0.4 is 10.1 Å². The first-order valence-corrected chi connectivity index (χ1v) is 8.73. The van der Waals surface area contributed by atoms with E-state index in [9.17, 15) is 4.79 Å². The summed E-state index contributed by atoms with van der Waals surface area (Å²) in [5.41, 5.74) is 1.90. The highest BCUT2D eigenvalue weighted by Gasteiger charge is 2.24. The second-order valence-electron chi connectivity index (χ2n) is 5.68. The number of methoxy groups -OCH3 is 1. The Balaban J connectivity index is 1.49. The number of hydrogen-bond acceptors (Lipinski definition) is 5. The fraction of sp³-hybridized carbons (Fsp3) is 0.333. The average molecular weight is 344 g/mol. The highest BCUT2D eigenvalue weighted by molar-refractivity contribution is 7.10. The van der Waals surface area contributed by atoms with Gasteiger partial charge in [-0.15, -0.1) is 11.3 Å². The Hall–Kier alpha value is -2.34. The average Bonchev–Trinajstić information content (AvgIpc) is 3.31. The van der Waals surface area contributed by atoms with Crippen molar-refractivity contribution in [1.29, 1.82) is 0 Å². The minimum atomic E-state index is -0.145. The molecule has 3 rings (SSSR count). The molecule has 1 aromatic carbocycles. The topological polar surface area (TPSA) is 59.9 Å². The number of carbonyl (C=O) groups is 1. The van der Waals surface area contributed by atoms with E-state index in [1.165, 1.54) is 0 Å². The number of thiophene rings is 1. The van der Waals surface area contributed by atoms with Gasteiger partial charge in [-0.25, -0.2) is 0 Å². The van der Waals surface area contributed by atoms with E-state index in [0.717, 1.165) is 21.9 Å². The van der Waals surface area contributed by atoms with E-state index >= 15 is 0 Å². The minimum absolute atomic E-state index is 0.0129. The quantitative estimate of drug-likeness (QED) is 0.875. The van der Waals surface area contributed by atoms with E-state index in [2.05, 4.69) is 10.5 Å². The molecule has 0 saturated heterocycles. The van der Waals surface area contributed by atoms with Gasteiger partial charge in [0.05, 0.1) is 25.3 Å². The van der Waals surface area contributed by atoms with Crippen LogP contribution in [0.3, 0.4) is 0 Å². The van der Waals surface area contributed by atoms with Crippen molar-refractivity contribution in [3.63, 3.8) is 0 Å². The molecule has 2 aromatic rings. The monoisotopic (exact) mass is 344 g/mol. The van der Waals surface area contributed by atoms with E-state index in [4.69, 9.17) is 9.57 Å². The highest BCUT2D eigenvalue weighted by atomic mass is 32.1. The van der Waals surface area contributed by atoms with Crippen LogP contribution >= 0.6 is 11.3 Å². The molecule has 2 atom stereocenters. The molecule has 2 heterocycles. The first-order chi connectivity index (χ1) is 11.7. The lowest BCUT2D eigenvalue weighted by atomic mass is 10.0. The normalized spacial score (nSPS) is 17.8. The Morgan fingerprint density at radius 2 is 2.21 bits per heavy atom. The Morgan fingerprint density at radius 1 is 1.42 bits per heavy atom. The summed E-state index contributed by atoms with van der Waals surface area (Å²) < 4.78 is 5.15. The van der Waals surface area contributed by atoms with Gasteiger partial charge in [0.15, 0.2) is 0 Å². The smallest absolute Gasteiger partial charge is 0.228 e. The molecule has 1 amide bonds. The SMILES string of the molecule is COc1ccc(C2=NO[C@H](CNC(=O)[C@H](C)c3cccs3)C2)cc1. The summed E-state index contributed by atoms with van der Waals surface area (Å²) >= 11 is 1.59. The Morgan fingerprint density at radius 3 is 2.88 bits per heavy atom. The molecule has 0 fully saturated rings. The van der Waals surface area contributed by atoms with Crippen molar-refractivity contribution in [3.8, 4) is 5.75 Å². The molecular formula is C18H20N2O3S. The Kier molecular flexibility index (Phi) is 5.15. The van der Waals surface area contributed by atoms with Crippen molar-refractivity contribution in [2.45, 2.75) is 25.4 Å². The zero-order valence-electron chi connectivity index (χ0n) is 13.7. The Labute approximate surface area is 145 Å². The fourth-order valence-electron chi connectivity index (χ4n) is 2.53. The predicted octanol–water partition coefficient (Wildman–Crippen LogP) is 3.17. The largest absolute Gasteiger partial charge is 0.497 e. The van der Waals surface area contributed by atoms with Crippen molar-refractivity contribution in [3.05, 3.63) is 52.2 Å². The van der Waals surface area contributed by atoms with Gasteiger partial charge in [-0.05, 0) is 48.2 Å². The van der Waals surface area contributed by atoms with Crippen LogP contribution in [-0.2, 0) is 9.63 Å². The molecule has 5 nitrogen and oxygen atoms in total. The lowest BCUT2D eigenvalue weighted by molar-refractivity contribution is -0.122. The van der Waals surface area contributed by atoms with Crippen LogP contribution in [0.2, 0.25) is 0 Å². The number of rotatable bonds is 6. The number of hydrogen-bond donors (Lipinski definition) is 1. The van der Waals surface area contributed by atoms with Gasteiger partial charge in [0.25, 0.3) is 0 Å². The molecule has 0 unspecified atom stereocenters. The molecule has 126 valence electrons. The lowest BCUT2D eigenvalue weighted by Gasteiger charge is -2.13. The molecule has 0 saturated carbocycles. The lowest BCUT2D eigenvalue weighted by Crippen LogP contribution is -2.34. The van der Waals surface area contributed by atoms with E-state index in [0.29, 0.717) is 13.0 Å². The zero-order valence-corrected chi connectivity index (χ0v) is 14.5. The van der Waals surface area contributed by atoms with Crippen LogP contribution in [0.15, 0.2) is 46.9 Å². The van der Waals surface area contributed by atoms with Crippen LogP contribution in [-0.4, -0.2) is 31.4 Å². The number of nitrogens with zero attached hydrogens (tertiary/aromatic N) is 1. The minimum Gasteiger partial charge on any atom is -0.497 e. The molecule has 1 aliphatic rings. The van der Waals surface area contributed by atoms with Crippen molar-refractivity contribution < 1.29 is 14.4 Å². The molecule has 1 aromatic heterocycles. The van der Waals surface area contributed by atoms with Gasteiger partial charge in [0, 0.05) is 11.3 Å². The first kappa shape index (κ1) is 16.5. The second-order valence-corrected chi connectivity index (χ2v) is 6.66. The number of carbonyl (C=O) groups excluding carboxylic acids is 1. The van der Waals surface area contributed by atoms with Crippen molar-refractivity contribution >= 4 is 23.0 Å². The molecule has 1 aliphatic heterocycles. The molecule has 0 aliphatic carbocycles. The Bertz CT molecular complexity index is 710. The number of amides is 1. The third kappa shape index (κ3) is 3.76. The number of benzene rings is 1. The van der Waals surface area contributed by atoms with Gasteiger partial charge >= 0.3 is 0 Å². The zero-order chi connectivity index (χ0) is 16.9. The van der Waals surface area contributed by atoms with Crippen molar-refractivity contribution in [1.82, 2.24) is 5.32 Å². The van der Waals surface area contributed by atoms with Crippen LogP contribution in [0.1, 0.15) is 29.7 Å². The predicted molar refractivity (Wildman–Crippen MR) is 94.8 cm³/mol. The van der Waals surface area contributed by atoms with Crippen molar-refractivity contribution in [2.24, 2.45) is 5.16 Å². The maximum Gasteiger partial charge on any atom is 0.228 e. The summed E-state index contributed by atoms with van der Waals surface area (Å²) in [6.07, 6.45) is 0.557. The van der Waals surface area contributed by atoms with Gasteiger partial charge in [-0.3, -0.25) is 4.79 Å². The standard InChI is InChI=1S/C18H20N2O3S/c1-12(17-4-3-9-24-17)18(21)19-11-15-10-16(20-23-15)13-5-7-14(22-2)8-6-13/h3-9,12,15H,10-11H2,1-2H3,(H,19,21)/t12-,15+/m1/s1. The molecule has 0 spiro atoms. The second kappa shape index (κ2) is 7.49. The fourth-order valence-corrected chi connectivity index (χ4v) is 3.31. The van der Waals surface area contributed by atoms with Gasteiger partial charge in [0.1, 0.15) is 11.9 Å². The van der Waals surface area contributed by atoms with E-state index in [-0.39, 0.29) is 17.9 Å². The van der Waals surface area contributed by atoms with E-state index in [1.54, 1.807) is 18.4 Å². The molecular weight excluding hydrogens is 324 g/mol. The van der Waals surface area contributed by atoms with Crippen LogP contribution in [0.4, 0.5) is 0 Å². The van der Waals surface area contributed by atoms with Crippen LogP contribution in [0.25, 0.3) is 0 Å². The highest BCUT2D eigenvalue weighted by Crippen LogP contribution is 2.22. The summed E-state index contributed by atoms with van der Waals surface area (Å²) in [4.78, 5) is 18.7. The summed E-state index contributed by atoms with van der Waals surface area (Å²) in [6, 6.07) is 11.7. The molecule has 24 heavy (non-hydrogen) atoms. The van der Waals surface area contributed by atoms with Crippen LogP contribution in [0.5, 0.6) is 5.75 Å². The number of oxime groups is 1. The first-order valence-electron chi connectivity index (χ1n) is 7.85.